The zero-order valence-electron chi connectivity index (χ0n) is 11.7. The molecular formula is C15H16ClN3OS. The standard InChI is InChI=1S/C15H16ClN3OS/c1-10-2-3-11(8-13(10)16)18-14(20)9-21-15-17-6-7-19(15)12-4-5-12/h2-3,6-8,12H,4-5,9H2,1H3,(H,18,20). The number of thioether (sulfide) groups is 1. The highest BCUT2D eigenvalue weighted by Gasteiger charge is 2.25. The maximum absolute atomic E-state index is 12.0. The monoisotopic (exact) mass is 321 g/mol. The van der Waals surface area contributed by atoms with Gasteiger partial charge in [0.1, 0.15) is 0 Å². The van der Waals surface area contributed by atoms with Gasteiger partial charge in [-0.15, -0.1) is 0 Å². The van der Waals surface area contributed by atoms with Crippen LogP contribution in [0.5, 0.6) is 0 Å². The van der Waals surface area contributed by atoms with E-state index in [1.807, 2.05) is 25.3 Å². The number of imidazole rings is 1. The average Bonchev–Trinajstić information content (AvgIpc) is 3.19. The van der Waals surface area contributed by atoms with Crippen molar-refractivity contribution >= 4 is 35.0 Å². The normalized spacial score (nSPS) is 14.2. The molecule has 0 saturated heterocycles. The van der Waals surface area contributed by atoms with Crippen molar-refractivity contribution in [2.75, 3.05) is 11.1 Å². The van der Waals surface area contributed by atoms with Gasteiger partial charge in [0, 0.05) is 29.1 Å². The fraction of sp³-hybridized carbons (Fsp3) is 0.333. The second kappa shape index (κ2) is 6.12. The molecule has 6 heteroatoms. The minimum Gasteiger partial charge on any atom is -0.325 e. The lowest BCUT2D eigenvalue weighted by Gasteiger charge is -2.08. The summed E-state index contributed by atoms with van der Waals surface area (Å²) < 4.78 is 2.15. The fourth-order valence-electron chi connectivity index (χ4n) is 2.04. The lowest BCUT2D eigenvalue weighted by Crippen LogP contribution is -2.14. The second-order valence-electron chi connectivity index (χ2n) is 5.15. The number of aromatic nitrogens is 2. The number of halogens is 1. The Hall–Kier alpha value is -1.46. The number of aryl methyl sites for hydroxylation is 1. The summed E-state index contributed by atoms with van der Waals surface area (Å²) in [5.41, 5.74) is 1.72. The SMILES string of the molecule is Cc1ccc(NC(=O)CSc2nccn2C2CC2)cc1Cl. The third kappa shape index (κ3) is 3.60. The first-order chi connectivity index (χ1) is 10.1. The van der Waals surface area contributed by atoms with Gasteiger partial charge in [-0.25, -0.2) is 4.98 Å². The van der Waals surface area contributed by atoms with Gasteiger partial charge in [0.2, 0.25) is 5.91 Å². The number of carbonyl (C=O) groups is 1. The minimum absolute atomic E-state index is 0.0507. The Morgan fingerprint density at radius 2 is 2.33 bits per heavy atom. The van der Waals surface area contributed by atoms with Crippen LogP contribution in [0.15, 0.2) is 35.7 Å². The van der Waals surface area contributed by atoms with Crippen molar-refractivity contribution in [3.05, 3.63) is 41.2 Å². The van der Waals surface area contributed by atoms with Gasteiger partial charge in [0.15, 0.2) is 5.16 Å². The Kier molecular flexibility index (Phi) is 4.22. The molecule has 0 radical (unpaired) electrons. The number of rotatable bonds is 5. The summed E-state index contributed by atoms with van der Waals surface area (Å²) in [6.45, 7) is 1.93. The molecule has 2 aromatic rings. The predicted molar refractivity (Wildman–Crippen MR) is 86.0 cm³/mol. The van der Waals surface area contributed by atoms with Crippen LogP contribution in [0.25, 0.3) is 0 Å². The first-order valence-corrected chi connectivity index (χ1v) is 8.21. The molecule has 1 fully saturated rings. The molecule has 1 amide bonds. The summed E-state index contributed by atoms with van der Waals surface area (Å²) in [7, 11) is 0. The van der Waals surface area contributed by atoms with E-state index in [-0.39, 0.29) is 5.91 Å². The second-order valence-corrected chi connectivity index (χ2v) is 6.50. The van der Waals surface area contributed by atoms with E-state index >= 15 is 0 Å². The largest absolute Gasteiger partial charge is 0.325 e. The first kappa shape index (κ1) is 14.5. The molecule has 0 bridgehead atoms. The lowest BCUT2D eigenvalue weighted by atomic mass is 10.2. The molecule has 1 N–H and O–H groups in total. The van der Waals surface area contributed by atoms with Gasteiger partial charge >= 0.3 is 0 Å². The lowest BCUT2D eigenvalue weighted by molar-refractivity contribution is -0.113. The van der Waals surface area contributed by atoms with E-state index in [1.165, 1.54) is 24.6 Å². The Labute approximate surface area is 132 Å². The first-order valence-electron chi connectivity index (χ1n) is 6.85. The van der Waals surface area contributed by atoms with Crippen LogP contribution in [-0.2, 0) is 4.79 Å². The van der Waals surface area contributed by atoms with Crippen molar-refractivity contribution in [3.8, 4) is 0 Å². The zero-order chi connectivity index (χ0) is 14.8. The van der Waals surface area contributed by atoms with Gasteiger partial charge < -0.3 is 9.88 Å². The highest BCUT2D eigenvalue weighted by atomic mass is 35.5. The average molecular weight is 322 g/mol. The van der Waals surface area contributed by atoms with Crippen molar-refractivity contribution in [3.63, 3.8) is 0 Å². The van der Waals surface area contributed by atoms with Gasteiger partial charge in [0.25, 0.3) is 0 Å². The summed E-state index contributed by atoms with van der Waals surface area (Å²) in [6.07, 6.45) is 6.19. The van der Waals surface area contributed by atoms with Crippen LogP contribution >= 0.6 is 23.4 Å². The highest BCUT2D eigenvalue weighted by Crippen LogP contribution is 2.37. The number of hydrogen-bond donors (Lipinski definition) is 1. The van der Waals surface area contributed by atoms with E-state index in [0.29, 0.717) is 16.8 Å². The molecule has 0 unspecified atom stereocenters. The molecule has 0 atom stereocenters. The molecule has 21 heavy (non-hydrogen) atoms. The molecular weight excluding hydrogens is 306 g/mol. The van der Waals surface area contributed by atoms with Gasteiger partial charge in [-0.1, -0.05) is 29.4 Å². The van der Waals surface area contributed by atoms with Gasteiger partial charge in [-0.05, 0) is 37.5 Å². The van der Waals surface area contributed by atoms with E-state index in [2.05, 4.69) is 14.9 Å². The van der Waals surface area contributed by atoms with Crippen LogP contribution in [0.4, 0.5) is 5.69 Å². The molecule has 0 aliphatic heterocycles. The smallest absolute Gasteiger partial charge is 0.234 e. The van der Waals surface area contributed by atoms with Gasteiger partial charge in [0.05, 0.1) is 5.75 Å². The van der Waals surface area contributed by atoms with E-state index in [4.69, 9.17) is 11.6 Å². The van der Waals surface area contributed by atoms with E-state index in [1.54, 1.807) is 12.3 Å². The summed E-state index contributed by atoms with van der Waals surface area (Å²) in [5.74, 6) is 0.292. The Morgan fingerprint density at radius 3 is 3.05 bits per heavy atom. The van der Waals surface area contributed by atoms with E-state index in [0.717, 1.165) is 16.4 Å². The summed E-state index contributed by atoms with van der Waals surface area (Å²) >= 11 is 7.51. The molecule has 1 aromatic heterocycles. The Balaban J connectivity index is 1.56. The number of carbonyl (C=O) groups excluding carboxylic acids is 1. The third-order valence-corrected chi connectivity index (χ3v) is 4.75. The quantitative estimate of drug-likeness (QED) is 0.849. The van der Waals surface area contributed by atoms with E-state index in [9.17, 15) is 4.79 Å². The maximum atomic E-state index is 12.0. The topological polar surface area (TPSA) is 46.9 Å². The van der Waals surface area contributed by atoms with Crippen LogP contribution in [0.1, 0.15) is 24.4 Å². The number of nitrogens with zero attached hydrogens (tertiary/aromatic N) is 2. The summed E-state index contributed by atoms with van der Waals surface area (Å²) in [6, 6.07) is 6.10. The van der Waals surface area contributed by atoms with Crippen LogP contribution in [-0.4, -0.2) is 21.2 Å². The molecule has 1 aliphatic rings. The van der Waals surface area contributed by atoms with E-state index < -0.39 is 0 Å². The van der Waals surface area contributed by atoms with Crippen molar-refractivity contribution in [2.45, 2.75) is 31.0 Å². The van der Waals surface area contributed by atoms with Crippen LogP contribution in [0.2, 0.25) is 5.02 Å². The molecule has 1 saturated carbocycles. The molecule has 1 aromatic carbocycles. The molecule has 4 nitrogen and oxygen atoms in total. The van der Waals surface area contributed by atoms with Gasteiger partial charge in [-0.2, -0.15) is 0 Å². The zero-order valence-corrected chi connectivity index (χ0v) is 13.2. The number of nitrogens with one attached hydrogen (secondary N) is 1. The molecule has 1 heterocycles. The molecule has 3 rings (SSSR count). The highest BCUT2D eigenvalue weighted by molar-refractivity contribution is 7.99. The van der Waals surface area contributed by atoms with Crippen LogP contribution in [0, 0.1) is 6.92 Å². The third-order valence-electron chi connectivity index (χ3n) is 3.36. The number of anilines is 1. The van der Waals surface area contributed by atoms with Crippen molar-refractivity contribution in [1.29, 1.82) is 0 Å². The van der Waals surface area contributed by atoms with Crippen molar-refractivity contribution in [1.82, 2.24) is 9.55 Å². The molecule has 110 valence electrons. The summed E-state index contributed by atoms with van der Waals surface area (Å²) in [4.78, 5) is 16.3. The minimum atomic E-state index is -0.0507. The van der Waals surface area contributed by atoms with Crippen LogP contribution in [0.3, 0.4) is 0 Å². The predicted octanol–water partition coefficient (Wildman–Crippen LogP) is 3.91. The Bertz CT molecular complexity index is 667. The van der Waals surface area contributed by atoms with Crippen molar-refractivity contribution in [2.24, 2.45) is 0 Å². The molecule has 0 spiro atoms. The Morgan fingerprint density at radius 1 is 1.52 bits per heavy atom. The van der Waals surface area contributed by atoms with Crippen molar-refractivity contribution < 1.29 is 4.79 Å². The fourth-order valence-corrected chi connectivity index (χ4v) is 3.05. The summed E-state index contributed by atoms with van der Waals surface area (Å²) in [5, 5.41) is 4.42. The van der Waals surface area contributed by atoms with Gasteiger partial charge in [-0.3, -0.25) is 4.79 Å². The van der Waals surface area contributed by atoms with Crippen LogP contribution < -0.4 is 5.32 Å². The number of benzene rings is 1. The maximum Gasteiger partial charge on any atom is 0.234 e. The number of amides is 1. The number of hydrogen-bond acceptors (Lipinski definition) is 3. The molecule has 1 aliphatic carbocycles.